The first kappa shape index (κ1) is 15.9. The summed E-state index contributed by atoms with van der Waals surface area (Å²) in [5.41, 5.74) is 2.29. The van der Waals surface area contributed by atoms with Crippen molar-refractivity contribution in [1.82, 2.24) is 0 Å². The van der Waals surface area contributed by atoms with Crippen LogP contribution in [0.2, 0.25) is 0 Å². The fourth-order valence-corrected chi connectivity index (χ4v) is 7.16. The van der Waals surface area contributed by atoms with Crippen molar-refractivity contribution in [2.45, 2.75) is 85.0 Å². The zero-order valence-electron chi connectivity index (χ0n) is 15.4. The Labute approximate surface area is 142 Å². The lowest BCUT2D eigenvalue weighted by Gasteiger charge is -2.57. The Hall–Kier alpha value is -0.590. The van der Waals surface area contributed by atoms with E-state index in [2.05, 4.69) is 26.8 Å². The molecule has 0 aliphatic heterocycles. The fraction of sp³-hybridized carbons (Fsp3) is 0.864. The van der Waals surface area contributed by atoms with Gasteiger partial charge in [-0.3, -0.25) is 4.79 Å². The molecular formula is C22H34O. The molecule has 0 heterocycles. The molecule has 1 heteroatoms. The van der Waals surface area contributed by atoms with Crippen molar-refractivity contribution in [3.05, 3.63) is 11.6 Å². The van der Waals surface area contributed by atoms with Gasteiger partial charge in [0.2, 0.25) is 0 Å². The Morgan fingerprint density at radius 3 is 2.61 bits per heavy atom. The van der Waals surface area contributed by atoms with Crippen LogP contribution < -0.4 is 0 Å². The molecule has 0 radical (unpaired) electrons. The van der Waals surface area contributed by atoms with E-state index in [0.29, 0.717) is 17.1 Å². The Balaban J connectivity index is 1.61. The molecule has 0 amide bonds. The maximum atomic E-state index is 12.5. The van der Waals surface area contributed by atoms with Crippen molar-refractivity contribution in [3.63, 3.8) is 0 Å². The SMILES string of the molecule is CCC[C@H]1CC[C@@]2(C)C(=CC[C@@H]3[C@@H]2CC[C@]2(C)C(=O)CC[C@@H]32)C1. The van der Waals surface area contributed by atoms with Crippen LogP contribution in [0.15, 0.2) is 11.6 Å². The molecule has 4 aliphatic rings. The Kier molecular flexibility index (Phi) is 3.78. The normalized spacial score (nSPS) is 49.2. The van der Waals surface area contributed by atoms with E-state index in [1.165, 1.54) is 57.8 Å². The van der Waals surface area contributed by atoms with Crippen molar-refractivity contribution in [2.75, 3.05) is 0 Å². The van der Waals surface area contributed by atoms with Crippen molar-refractivity contribution in [1.29, 1.82) is 0 Å². The highest BCUT2D eigenvalue weighted by Crippen LogP contribution is 2.64. The fourth-order valence-electron chi connectivity index (χ4n) is 7.16. The number of carbonyl (C=O) groups excluding carboxylic acids is 1. The predicted molar refractivity (Wildman–Crippen MR) is 95.1 cm³/mol. The van der Waals surface area contributed by atoms with Crippen molar-refractivity contribution in [3.8, 4) is 0 Å². The van der Waals surface area contributed by atoms with Gasteiger partial charge in [0.25, 0.3) is 0 Å². The molecule has 0 unspecified atom stereocenters. The van der Waals surface area contributed by atoms with E-state index in [9.17, 15) is 4.79 Å². The summed E-state index contributed by atoms with van der Waals surface area (Å²) in [7, 11) is 0. The summed E-state index contributed by atoms with van der Waals surface area (Å²) >= 11 is 0. The summed E-state index contributed by atoms with van der Waals surface area (Å²) in [5, 5.41) is 0. The number of rotatable bonds is 2. The third-order valence-corrected chi connectivity index (χ3v) is 8.61. The largest absolute Gasteiger partial charge is 0.299 e. The molecule has 0 aromatic heterocycles. The number of fused-ring (bicyclic) bond motifs is 5. The minimum Gasteiger partial charge on any atom is -0.299 e. The van der Waals surface area contributed by atoms with Crippen LogP contribution in [0, 0.1) is 34.5 Å². The molecule has 1 nitrogen and oxygen atoms in total. The van der Waals surface area contributed by atoms with Crippen LogP contribution in [-0.2, 0) is 4.79 Å². The Bertz CT molecular complexity index is 532. The zero-order chi connectivity index (χ0) is 16.2. The van der Waals surface area contributed by atoms with Gasteiger partial charge in [-0.15, -0.1) is 0 Å². The highest BCUT2D eigenvalue weighted by atomic mass is 16.1. The van der Waals surface area contributed by atoms with Crippen LogP contribution in [0.3, 0.4) is 0 Å². The number of hydrogen-bond donors (Lipinski definition) is 0. The second kappa shape index (κ2) is 5.46. The van der Waals surface area contributed by atoms with E-state index in [0.717, 1.165) is 24.2 Å². The highest BCUT2D eigenvalue weighted by Gasteiger charge is 2.58. The van der Waals surface area contributed by atoms with E-state index in [1.54, 1.807) is 5.57 Å². The number of allylic oxidation sites excluding steroid dienone is 2. The zero-order valence-corrected chi connectivity index (χ0v) is 15.4. The quantitative estimate of drug-likeness (QED) is 0.577. The Morgan fingerprint density at radius 1 is 1.09 bits per heavy atom. The van der Waals surface area contributed by atoms with Gasteiger partial charge in [0.1, 0.15) is 5.78 Å². The van der Waals surface area contributed by atoms with Crippen LogP contribution in [0.1, 0.15) is 85.0 Å². The number of ketones is 1. The van der Waals surface area contributed by atoms with Crippen molar-refractivity contribution < 1.29 is 4.79 Å². The molecule has 0 aromatic carbocycles. The van der Waals surface area contributed by atoms with Crippen LogP contribution >= 0.6 is 0 Å². The lowest BCUT2D eigenvalue weighted by Crippen LogP contribution is -2.50. The van der Waals surface area contributed by atoms with Crippen LogP contribution in [0.4, 0.5) is 0 Å². The van der Waals surface area contributed by atoms with Gasteiger partial charge in [-0.2, -0.15) is 0 Å². The van der Waals surface area contributed by atoms with E-state index >= 15 is 0 Å². The first-order chi connectivity index (χ1) is 11.0. The maximum absolute atomic E-state index is 12.5. The molecule has 6 atom stereocenters. The topological polar surface area (TPSA) is 17.1 Å². The molecule has 0 aromatic rings. The summed E-state index contributed by atoms with van der Waals surface area (Å²) in [4.78, 5) is 12.5. The Morgan fingerprint density at radius 2 is 1.83 bits per heavy atom. The summed E-state index contributed by atoms with van der Waals surface area (Å²) in [6.45, 7) is 7.21. The van der Waals surface area contributed by atoms with E-state index < -0.39 is 0 Å². The summed E-state index contributed by atoms with van der Waals surface area (Å²) in [5.74, 6) is 3.84. The van der Waals surface area contributed by atoms with Crippen molar-refractivity contribution in [2.24, 2.45) is 34.5 Å². The van der Waals surface area contributed by atoms with Gasteiger partial charge in [-0.1, -0.05) is 45.3 Å². The van der Waals surface area contributed by atoms with E-state index in [1.807, 2.05) is 0 Å². The van der Waals surface area contributed by atoms with E-state index in [4.69, 9.17) is 0 Å². The number of carbonyl (C=O) groups is 1. The van der Waals surface area contributed by atoms with Crippen LogP contribution in [0.25, 0.3) is 0 Å². The molecule has 4 aliphatic carbocycles. The lowest BCUT2D eigenvalue weighted by molar-refractivity contribution is -0.131. The summed E-state index contributed by atoms with van der Waals surface area (Å²) < 4.78 is 0. The van der Waals surface area contributed by atoms with Gasteiger partial charge in [0.05, 0.1) is 0 Å². The molecular weight excluding hydrogens is 280 g/mol. The molecule has 23 heavy (non-hydrogen) atoms. The molecule has 0 saturated heterocycles. The molecule has 0 spiro atoms. The number of Topliss-reactive ketones (excluding diaryl/α,β-unsaturated/α-hetero) is 1. The molecule has 3 fully saturated rings. The average Bonchev–Trinajstić information content (AvgIpc) is 2.84. The van der Waals surface area contributed by atoms with Gasteiger partial charge in [0.15, 0.2) is 0 Å². The smallest absolute Gasteiger partial charge is 0.139 e. The highest BCUT2D eigenvalue weighted by molar-refractivity contribution is 5.87. The monoisotopic (exact) mass is 314 g/mol. The third kappa shape index (κ3) is 2.21. The minimum atomic E-state index is 0.0300. The van der Waals surface area contributed by atoms with Crippen LogP contribution in [0.5, 0.6) is 0 Å². The second-order valence-electron chi connectivity index (χ2n) is 9.57. The molecule has 4 rings (SSSR count). The molecule has 0 N–H and O–H groups in total. The van der Waals surface area contributed by atoms with Gasteiger partial charge < -0.3 is 0 Å². The van der Waals surface area contributed by atoms with E-state index in [-0.39, 0.29) is 5.41 Å². The molecule has 3 saturated carbocycles. The first-order valence-electron chi connectivity index (χ1n) is 10.2. The predicted octanol–water partition coefficient (Wildman–Crippen LogP) is 5.93. The standard InChI is InChI=1S/C22H34O/c1-4-5-15-10-12-21(2)16(14-15)6-7-17-18-8-9-20(23)22(18,3)13-11-19(17)21/h6,15,17-19H,4-5,7-14H2,1-3H3/t15-,17-,18-,19-,21-,22-/m0/s1. The maximum Gasteiger partial charge on any atom is 0.139 e. The van der Waals surface area contributed by atoms with Gasteiger partial charge in [-0.25, -0.2) is 0 Å². The molecule has 0 bridgehead atoms. The van der Waals surface area contributed by atoms with Crippen molar-refractivity contribution >= 4 is 5.78 Å². The third-order valence-electron chi connectivity index (χ3n) is 8.61. The summed E-state index contributed by atoms with van der Waals surface area (Å²) in [6.07, 6.45) is 15.4. The van der Waals surface area contributed by atoms with Crippen LogP contribution in [-0.4, -0.2) is 5.78 Å². The second-order valence-corrected chi connectivity index (χ2v) is 9.57. The van der Waals surface area contributed by atoms with Gasteiger partial charge >= 0.3 is 0 Å². The number of hydrogen-bond acceptors (Lipinski definition) is 1. The average molecular weight is 315 g/mol. The summed E-state index contributed by atoms with van der Waals surface area (Å²) in [6, 6.07) is 0. The van der Waals surface area contributed by atoms with Gasteiger partial charge in [0, 0.05) is 11.8 Å². The minimum absolute atomic E-state index is 0.0300. The molecule has 128 valence electrons. The first-order valence-corrected chi connectivity index (χ1v) is 10.2. The lowest BCUT2D eigenvalue weighted by atomic mass is 9.47. The van der Waals surface area contributed by atoms with Gasteiger partial charge in [-0.05, 0) is 74.0 Å².